The van der Waals surface area contributed by atoms with Gasteiger partial charge in [-0.25, -0.2) is 0 Å². The van der Waals surface area contributed by atoms with Gasteiger partial charge in [0, 0.05) is 0 Å². The molecule has 4 heavy (non-hydrogen) atoms. The van der Waals surface area contributed by atoms with E-state index in [-0.39, 0.29) is 51.4 Å². The summed E-state index contributed by atoms with van der Waals surface area (Å²) in [5.41, 5.74) is 0. The third-order valence-corrected chi connectivity index (χ3v) is 0. The molecule has 0 radical (unpaired) electrons. The maximum atomic E-state index is 0. The molecule has 2 nitrogen and oxygen atoms in total. The van der Waals surface area contributed by atoms with E-state index in [2.05, 4.69) is 0 Å². The molecule has 0 aromatic heterocycles. The first-order valence-corrected chi connectivity index (χ1v) is 0. The molecule has 0 aliphatic carbocycles. The van der Waals surface area contributed by atoms with E-state index in [0.717, 1.165) is 0 Å². The zero-order chi connectivity index (χ0) is 0. The molecular formula is H7AlMgO2+2. The van der Waals surface area contributed by atoms with Gasteiger partial charge in [-0.3, -0.25) is 0 Å². The van der Waals surface area contributed by atoms with E-state index in [0.29, 0.717) is 0 Å². The van der Waals surface area contributed by atoms with Crippen LogP contribution in [0, 0.1) is 0 Å². The van der Waals surface area contributed by atoms with Crippen LogP contribution in [0.2, 0.25) is 0 Å². The molecule has 0 spiro atoms. The van der Waals surface area contributed by atoms with E-state index in [1.807, 2.05) is 0 Å². The number of hydrogen-bond acceptors (Lipinski definition) is 0. The van der Waals surface area contributed by atoms with Gasteiger partial charge in [-0.2, -0.15) is 0 Å². The first-order valence-electron chi connectivity index (χ1n) is 0. The van der Waals surface area contributed by atoms with Crippen LogP contribution in [0.15, 0.2) is 0 Å². The Labute approximate surface area is 51.5 Å². The predicted octanol–water partition coefficient (Wildman–Crippen LogP) is -3.21. The monoisotopic (exact) mass is 90.0 g/mol. The van der Waals surface area contributed by atoms with Crippen molar-refractivity contribution in [2.24, 2.45) is 0 Å². The fourth-order valence-corrected chi connectivity index (χ4v) is 0. The van der Waals surface area contributed by atoms with Crippen molar-refractivity contribution in [3.63, 3.8) is 0 Å². The van der Waals surface area contributed by atoms with Crippen LogP contribution in [0.5, 0.6) is 0 Å². The van der Waals surface area contributed by atoms with Gasteiger partial charge in [0.1, 0.15) is 0 Å². The van der Waals surface area contributed by atoms with Crippen LogP contribution in [0.1, 0.15) is 0 Å². The zero-order valence-electron chi connectivity index (χ0n) is 1.71. The number of rotatable bonds is 0. The average molecular weight is 90.3 g/mol. The number of hydrogen-bond donors (Lipinski definition) is 0. The maximum absolute atomic E-state index is 0. The van der Waals surface area contributed by atoms with Crippen molar-refractivity contribution in [3.05, 3.63) is 0 Å². The topological polar surface area (TPSA) is 63.0 Å². The maximum Gasteiger partial charge on any atom is 2.00 e. The summed E-state index contributed by atoms with van der Waals surface area (Å²) in [5.74, 6) is 0. The molecule has 0 fully saturated rings. The van der Waals surface area contributed by atoms with E-state index in [9.17, 15) is 0 Å². The summed E-state index contributed by atoms with van der Waals surface area (Å²) in [6, 6.07) is 0. The SMILES string of the molecule is O.O.[AlH3].[Mg+2]. The summed E-state index contributed by atoms with van der Waals surface area (Å²) < 4.78 is 0. The molecule has 0 heterocycles. The second-order valence-electron chi connectivity index (χ2n) is 0. The molecule has 0 saturated carbocycles. The first kappa shape index (κ1) is 62.5. The van der Waals surface area contributed by atoms with Gasteiger partial charge in [-0.1, -0.05) is 0 Å². The molecular weight excluding hydrogens is 83.3 g/mol. The molecule has 0 unspecified atom stereocenters. The van der Waals surface area contributed by atoms with Crippen LogP contribution >= 0.6 is 0 Å². The summed E-state index contributed by atoms with van der Waals surface area (Å²) in [6.45, 7) is 0. The quantitative estimate of drug-likeness (QED) is 0.281. The van der Waals surface area contributed by atoms with Gasteiger partial charge in [0.15, 0.2) is 17.4 Å². The van der Waals surface area contributed by atoms with E-state index >= 15 is 0 Å². The van der Waals surface area contributed by atoms with Crippen LogP contribution in [0.25, 0.3) is 0 Å². The van der Waals surface area contributed by atoms with E-state index in [1.165, 1.54) is 0 Å². The Balaban J connectivity index is 0. The molecule has 0 amide bonds. The molecule has 0 rings (SSSR count). The molecule has 4 N–H and O–H groups in total. The van der Waals surface area contributed by atoms with Crippen LogP contribution in [-0.2, 0) is 0 Å². The molecule has 0 saturated heterocycles. The minimum atomic E-state index is 0. The molecule has 0 aliphatic heterocycles. The van der Waals surface area contributed by atoms with Crippen molar-refractivity contribution in [2.45, 2.75) is 0 Å². The summed E-state index contributed by atoms with van der Waals surface area (Å²) in [6.07, 6.45) is 0. The van der Waals surface area contributed by atoms with E-state index in [1.54, 1.807) is 0 Å². The van der Waals surface area contributed by atoms with Crippen molar-refractivity contribution < 1.29 is 11.0 Å². The first-order chi connectivity index (χ1) is 0. The Morgan fingerprint density at radius 1 is 0.750 bits per heavy atom. The molecule has 0 aliphatic rings. The fourth-order valence-electron chi connectivity index (χ4n) is 0. The molecule has 0 aromatic carbocycles. The van der Waals surface area contributed by atoms with Gasteiger partial charge in [0.2, 0.25) is 0 Å². The average Bonchev–Trinajstić information content (AvgIpc) is 0. The van der Waals surface area contributed by atoms with Crippen LogP contribution in [0.4, 0.5) is 0 Å². The van der Waals surface area contributed by atoms with Crippen LogP contribution in [-0.4, -0.2) is 51.4 Å². The molecule has 0 atom stereocenters. The standard InChI is InChI=1S/Al.Mg.2H2O.3H/h;;2*1H2;;;/q;+2;;;;;. The summed E-state index contributed by atoms with van der Waals surface area (Å²) >= 11 is 0. The van der Waals surface area contributed by atoms with Gasteiger partial charge < -0.3 is 11.0 Å². The van der Waals surface area contributed by atoms with Crippen LogP contribution in [0.3, 0.4) is 0 Å². The Morgan fingerprint density at radius 2 is 0.750 bits per heavy atom. The Morgan fingerprint density at radius 3 is 0.750 bits per heavy atom. The molecule has 0 bridgehead atoms. The molecule has 22 valence electrons. The smallest absolute Gasteiger partial charge is 0.412 e. The second kappa shape index (κ2) is 29.4. The minimum Gasteiger partial charge on any atom is -0.412 e. The zero-order valence-corrected chi connectivity index (χ0v) is 3.12. The van der Waals surface area contributed by atoms with Crippen molar-refractivity contribution in [3.8, 4) is 0 Å². The van der Waals surface area contributed by atoms with E-state index < -0.39 is 0 Å². The van der Waals surface area contributed by atoms with Crippen LogP contribution < -0.4 is 0 Å². The fraction of sp³-hybridized carbons (Fsp3) is 0. The van der Waals surface area contributed by atoms with Gasteiger partial charge >= 0.3 is 23.1 Å². The normalized spacial score (nSPS) is 0. The van der Waals surface area contributed by atoms with Crippen molar-refractivity contribution >= 4 is 40.4 Å². The van der Waals surface area contributed by atoms with Crippen molar-refractivity contribution in [1.29, 1.82) is 0 Å². The largest absolute Gasteiger partial charge is 2.00 e. The van der Waals surface area contributed by atoms with Gasteiger partial charge in [0.05, 0.1) is 0 Å². The van der Waals surface area contributed by atoms with E-state index in [4.69, 9.17) is 0 Å². The van der Waals surface area contributed by atoms with Crippen molar-refractivity contribution in [2.75, 3.05) is 0 Å². The van der Waals surface area contributed by atoms with Crippen molar-refractivity contribution in [1.82, 2.24) is 0 Å². The Bertz CT molecular complexity index is 6.00. The minimum absolute atomic E-state index is 0. The van der Waals surface area contributed by atoms with Gasteiger partial charge in [-0.05, 0) is 0 Å². The Kier molecular flexibility index (Phi) is 460. The summed E-state index contributed by atoms with van der Waals surface area (Å²) in [7, 11) is 0. The Hall–Kier alpha value is 1.22. The summed E-state index contributed by atoms with van der Waals surface area (Å²) in [5, 5.41) is 0. The summed E-state index contributed by atoms with van der Waals surface area (Å²) in [4.78, 5) is 0. The van der Waals surface area contributed by atoms with Gasteiger partial charge in [-0.15, -0.1) is 0 Å². The third-order valence-electron chi connectivity index (χ3n) is 0. The second-order valence-corrected chi connectivity index (χ2v) is 0. The third kappa shape index (κ3) is 10.7. The molecule has 0 aromatic rings. The van der Waals surface area contributed by atoms with Gasteiger partial charge in [0.25, 0.3) is 0 Å². The predicted molar refractivity (Wildman–Crippen MR) is 22.9 cm³/mol. The molecule has 4 heteroatoms.